The van der Waals surface area contributed by atoms with Crippen molar-refractivity contribution >= 4 is 27.3 Å². The van der Waals surface area contributed by atoms with Crippen LogP contribution in [0.15, 0.2) is 15.9 Å². The van der Waals surface area contributed by atoms with Crippen LogP contribution in [0.25, 0.3) is 0 Å². The minimum absolute atomic E-state index is 0.228. The highest BCUT2D eigenvalue weighted by atomic mass is 79.9. The van der Waals surface area contributed by atoms with Gasteiger partial charge in [-0.15, -0.1) is 11.3 Å². The summed E-state index contributed by atoms with van der Waals surface area (Å²) >= 11 is 5.02. The minimum Gasteiger partial charge on any atom is -0.388 e. The summed E-state index contributed by atoms with van der Waals surface area (Å²) in [5.41, 5.74) is 0. The van der Waals surface area contributed by atoms with Crippen molar-refractivity contribution in [3.05, 3.63) is 20.8 Å². The molecule has 0 saturated heterocycles. The molecule has 1 aromatic heterocycles. The molecule has 1 aliphatic rings. The van der Waals surface area contributed by atoms with Crippen molar-refractivity contribution in [2.45, 2.75) is 25.4 Å². The quantitative estimate of drug-likeness (QED) is 0.868. The van der Waals surface area contributed by atoms with Crippen LogP contribution in [0, 0.1) is 5.92 Å². The summed E-state index contributed by atoms with van der Waals surface area (Å²) in [6.07, 6.45) is 3.34. The summed E-state index contributed by atoms with van der Waals surface area (Å²) in [5.74, 6) is 0.792. The van der Waals surface area contributed by atoms with Crippen molar-refractivity contribution in [3.8, 4) is 0 Å². The highest BCUT2D eigenvalue weighted by Crippen LogP contribution is 2.39. The summed E-state index contributed by atoms with van der Waals surface area (Å²) in [4.78, 5) is 1.09. The van der Waals surface area contributed by atoms with E-state index >= 15 is 0 Å². The van der Waals surface area contributed by atoms with Crippen LogP contribution in [0.5, 0.6) is 0 Å². The molecule has 1 unspecified atom stereocenters. The maximum absolute atomic E-state index is 9.73. The van der Waals surface area contributed by atoms with Crippen LogP contribution in [0.1, 0.15) is 30.2 Å². The van der Waals surface area contributed by atoms with Crippen molar-refractivity contribution in [1.29, 1.82) is 0 Å². The van der Waals surface area contributed by atoms with Crippen LogP contribution in [-0.4, -0.2) is 5.11 Å². The Morgan fingerprint density at radius 3 is 2.83 bits per heavy atom. The van der Waals surface area contributed by atoms with E-state index in [4.69, 9.17) is 0 Å². The molecule has 66 valence electrons. The lowest BCUT2D eigenvalue weighted by molar-refractivity contribution is 0.164. The van der Waals surface area contributed by atoms with Gasteiger partial charge in [-0.05, 0) is 40.4 Å². The van der Waals surface area contributed by atoms with E-state index in [-0.39, 0.29) is 6.10 Å². The maximum atomic E-state index is 9.73. The SMILES string of the molecule is OC(CC1CC1)c1ccc(Br)s1. The van der Waals surface area contributed by atoms with Crippen LogP contribution in [0.4, 0.5) is 0 Å². The predicted octanol–water partition coefficient (Wildman–Crippen LogP) is 3.34. The highest BCUT2D eigenvalue weighted by Gasteiger charge is 2.25. The van der Waals surface area contributed by atoms with Crippen LogP contribution in [0.2, 0.25) is 0 Å². The fraction of sp³-hybridized carbons (Fsp3) is 0.556. The normalized spacial score (nSPS) is 19.5. The fourth-order valence-corrected chi connectivity index (χ4v) is 2.72. The molecule has 2 rings (SSSR count). The molecular weight excluding hydrogens is 236 g/mol. The highest BCUT2D eigenvalue weighted by molar-refractivity contribution is 9.11. The number of halogens is 1. The summed E-state index contributed by atoms with van der Waals surface area (Å²) < 4.78 is 1.10. The van der Waals surface area contributed by atoms with E-state index in [0.29, 0.717) is 0 Å². The van der Waals surface area contributed by atoms with Gasteiger partial charge in [0.25, 0.3) is 0 Å². The lowest BCUT2D eigenvalue weighted by atomic mass is 10.1. The zero-order chi connectivity index (χ0) is 8.55. The summed E-state index contributed by atoms with van der Waals surface area (Å²) in [7, 11) is 0. The number of hydrogen-bond donors (Lipinski definition) is 1. The molecule has 1 aliphatic carbocycles. The molecule has 0 spiro atoms. The van der Waals surface area contributed by atoms with Gasteiger partial charge in [-0.2, -0.15) is 0 Å². The number of hydrogen-bond acceptors (Lipinski definition) is 2. The Balaban J connectivity index is 1.97. The molecule has 1 N–H and O–H groups in total. The third-order valence-electron chi connectivity index (χ3n) is 2.18. The lowest BCUT2D eigenvalue weighted by Crippen LogP contribution is -1.94. The van der Waals surface area contributed by atoms with Crippen LogP contribution >= 0.6 is 27.3 Å². The van der Waals surface area contributed by atoms with Gasteiger partial charge in [0, 0.05) is 4.88 Å². The number of aliphatic hydroxyl groups is 1. The van der Waals surface area contributed by atoms with Crippen molar-refractivity contribution in [3.63, 3.8) is 0 Å². The first-order valence-corrected chi connectivity index (χ1v) is 5.80. The Hall–Kier alpha value is 0.140. The predicted molar refractivity (Wildman–Crippen MR) is 54.3 cm³/mol. The first-order chi connectivity index (χ1) is 5.75. The topological polar surface area (TPSA) is 20.2 Å². The number of thiophene rings is 1. The Morgan fingerprint density at radius 1 is 1.58 bits per heavy atom. The summed E-state index contributed by atoms with van der Waals surface area (Å²) in [5, 5.41) is 9.73. The van der Waals surface area contributed by atoms with E-state index in [0.717, 1.165) is 21.0 Å². The van der Waals surface area contributed by atoms with E-state index in [9.17, 15) is 5.11 Å². The van der Waals surface area contributed by atoms with E-state index in [1.54, 1.807) is 11.3 Å². The molecule has 0 radical (unpaired) electrons. The van der Waals surface area contributed by atoms with Gasteiger partial charge in [-0.1, -0.05) is 12.8 Å². The number of rotatable bonds is 3. The minimum atomic E-state index is -0.228. The molecule has 0 aromatic carbocycles. The molecule has 1 nitrogen and oxygen atoms in total. The molecule has 1 saturated carbocycles. The smallest absolute Gasteiger partial charge is 0.0885 e. The van der Waals surface area contributed by atoms with Crippen LogP contribution in [-0.2, 0) is 0 Å². The molecule has 1 heterocycles. The molecule has 12 heavy (non-hydrogen) atoms. The second-order valence-electron chi connectivity index (χ2n) is 3.34. The second-order valence-corrected chi connectivity index (χ2v) is 5.83. The Morgan fingerprint density at radius 2 is 2.33 bits per heavy atom. The van der Waals surface area contributed by atoms with E-state index in [1.807, 2.05) is 12.1 Å². The largest absolute Gasteiger partial charge is 0.388 e. The Labute approximate surface area is 84.6 Å². The lowest BCUT2D eigenvalue weighted by Gasteiger charge is -2.05. The number of aliphatic hydroxyl groups excluding tert-OH is 1. The van der Waals surface area contributed by atoms with Crippen LogP contribution < -0.4 is 0 Å². The summed E-state index contributed by atoms with van der Waals surface area (Å²) in [6.45, 7) is 0. The Kier molecular flexibility index (Phi) is 2.53. The second kappa shape index (κ2) is 3.48. The monoisotopic (exact) mass is 246 g/mol. The molecule has 0 aliphatic heterocycles. The van der Waals surface area contributed by atoms with Gasteiger partial charge in [-0.25, -0.2) is 0 Å². The van der Waals surface area contributed by atoms with Crippen molar-refractivity contribution < 1.29 is 5.11 Å². The average molecular weight is 247 g/mol. The fourth-order valence-electron chi connectivity index (χ4n) is 1.29. The molecule has 0 amide bonds. The zero-order valence-electron chi connectivity index (χ0n) is 6.66. The summed E-state index contributed by atoms with van der Waals surface area (Å²) in [6, 6.07) is 4.00. The van der Waals surface area contributed by atoms with Gasteiger partial charge in [-0.3, -0.25) is 0 Å². The average Bonchev–Trinajstić information content (AvgIpc) is 2.72. The van der Waals surface area contributed by atoms with Gasteiger partial charge >= 0.3 is 0 Å². The van der Waals surface area contributed by atoms with Gasteiger partial charge in [0.1, 0.15) is 0 Å². The molecular formula is C9H11BrOS. The van der Waals surface area contributed by atoms with Crippen molar-refractivity contribution in [2.24, 2.45) is 5.92 Å². The van der Waals surface area contributed by atoms with E-state index < -0.39 is 0 Å². The molecule has 3 heteroatoms. The van der Waals surface area contributed by atoms with Crippen molar-refractivity contribution in [1.82, 2.24) is 0 Å². The zero-order valence-corrected chi connectivity index (χ0v) is 9.07. The van der Waals surface area contributed by atoms with Gasteiger partial charge < -0.3 is 5.11 Å². The first kappa shape index (κ1) is 8.73. The van der Waals surface area contributed by atoms with Gasteiger partial charge in [0.05, 0.1) is 9.89 Å². The maximum Gasteiger partial charge on any atom is 0.0885 e. The molecule has 1 atom stereocenters. The molecule has 1 fully saturated rings. The molecule has 1 aromatic rings. The van der Waals surface area contributed by atoms with Crippen LogP contribution in [0.3, 0.4) is 0 Å². The third kappa shape index (κ3) is 2.09. The van der Waals surface area contributed by atoms with E-state index in [1.165, 1.54) is 12.8 Å². The first-order valence-electron chi connectivity index (χ1n) is 4.19. The van der Waals surface area contributed by atoms with E-state index in [2.05, 4.69) is 15.9 Å². The van der Waals surface area contributed by atoms with Crippen molar-refractivity contribution in [2.75, 3.05) is 0 Å². The van der Waals surface area contributed by atoms with Gasteiger partial charge in [0.2, 0.25) is 0 Å². The standard InChI is InChI=1S/C9H11BrOS/c10-9-4-3-8(12-9)7(11)5-6-1-2-6/h3-4,6-7,11H,1-2,5H2. The molecule has 0 bridgehead atoms. The Bertz CT molecular complexity index is 267. The third-order valence-corrected chi connectivity index (χ3v) is 3.90. The van der Waals surface area contributed by atoms with Gasteiger partial charge in [0.15, 0.2) is 0 Å².